The Balaban J connectivity index is 1.30. The van der Waals surface area contributed by atoms with Gasteiger partial charge >= 0.3 is 12.1 Å². The van der Waals surface area contributed by atoms with Crippen molar-refractivity contribution in [3.8, 4) is 0 Å². The molecule has 0 saturated carbocycles. The van der Waals surface area contributed by atoms with Crippen LogP contribution in [-0.2, 0) is 15.9 Å². The lowest BCUT2D eigenvalue weighted by atomic mass is 9.91. The number of carbonyl (C=O) groups is 2. The number of hydrogen-bond acceptors (Lipinski definition) is 4. The molecule has 1 aromatic rings. The first-order valence-corrected chi connectivity index (χ1v) is 12.0. The zero-order valence-electron chi connectivity index (χ0n) is 19.9. The van der Waals surface area contributed by atoms with Gasteiger partial charge in [-0.3, -0.25) is 0 Å². The smallest absolute Gasteiger partial charge is 0.410 e. The average Bonchev–Trinajstić information content (AvgIpc) is 2.77. The summed E-state index contributed by atoms with van der Waals surface area (Å²) in [5.74, 6) is 0.700. The maximum absolute atomic E-state index is 12.3. The number of aryl methyl sites for hydroxylation is 1. The molecule has 32 heavy (non-hydrogen) atoms. The number of anilines is 1. The van der Waals surface area contributed by atoms with Crippen molar-refractivity contribution in [3.63, 3.8) is 0 Å². The number of unbranched alkanes of at least 4 members (excludes halogenated alkanes) is 1. The number of morpholine rings is 1. The Kier molecular flexibility index (Phi) is 8.79. The van der Waals surface area contributed by atoms with Gasteiger partial charge < -0.3 is 24.6 Å². The van der Waals surface area contributed by atoms with E-state index >= 15 is 0 Å². The Labute approximate surface area is 192 Å². The molecule has 3 rings (SSSR count). The van der Waals surface area contributed by atoms with Crippen LogP contribution in [0.2, 0.25) is 0 Å². The van der Waals surface area contributed by atoms with E-state index in [1.54, 1.807) is 4.90 Å². The van der Waals surface area contributed by atoms with Crippen molar-refractivity contribution in [3.05, 3.63) is 29.8 Å². The molecule has 2 saturated heterocycles. The molecule has 1 N–H and O–H groups in total. The molecule has 2 fully saturated rings. The number of nitrogens with one attached hydrogen (secondary N) is 1. The molecular formula is C25H39N3O4. The molecule has 2 aliphatic heterocycles. The van der Waals surface area contributed by atoms with Crippen molar-refractivity contribution in [2.45, 2.75) is 64.9 Å². The molecule has 3 amide bonds. The standard InChI is InChI=1S/C25H39N3O4/c1-25(2,3)32-24(30)28-14-12-21(13-15-28)7-5-4-6-20-8-10-22(11-9-20)26-23(29)27-16-18-31-19-17-27/h8-11,21H,4-7,12-19H2,1-3H3,(H,26,29). The van der Waals surface area contributed by atoms with E-state index in [-0.39, 0.29) is 12.1 Å². The van der Waals surface area contributed by atoms with Gasteiger partial charge in [-0.1, -0.05) is 25.0 Å². The second-order valence-electron chi connectivity index (χ2n) is 9.88. The average molecular weight is 446 g/mol. The summed E-state index contributed by atoms with van der Waals surface area (Å²) >= 11 is 0. The van der Waals surface area contributed by atoms with Gasteiger partial charge in [-0.15, -0.1) is 0 Å². The predicted molar refractivity (Wildman–Crippen MR) is 126 cm³/mol. The van der Waals surface area contributed by atoms with Gasteiger partial charge in [0.05, 0.1) is 13.2 Å². The zero-order valence-corrected chi connectivity index (χ0v) is 19.9. The molecule has 2 aliphatic rings. The third kappa shape index (κ3) is 8.01. The molecule has 7 nitrogen and oxygen atoms in total. The minimum Gasteiger partial charge on any atom is -0.444 e. The molecule has 0 atom stereocenters. The number of urea groups is 1. The fourth-order valence-corrected chi connectivity index (χ4v) is 4.22. The predicted octanol–water partition coefficient (Wildman–Crippen LogP) is 4.91. The van der Waals surface area contributed by atoms with Gasteiger partial charge in [-0.2, -0.15) is 0 Å². The van der Waals surface area contributed by atoms with Gasteiger partial charge in [0.25, 0.3) is 0 Å². The largest absolute Gasteiger partial charge is 0.444 e. The highest BCUT2D eigenvalue weighted by Gasteiger charge is 2.26. The summed E-state index contributed by atoms with van der Waals surface area (Å²) in [5.41, 5.74) is 1.71. The Bertz CT molecular complexity index is 731. The second-order valence-corrected chi connectivity index (χ2v) is 9.88. The molecular weight excluding hydrogens is 406 g/mol. The van der Waals surface area contributed by atoms with Crippen LogP contribution in [0.4, 0.5) is 15.3 Å². The van der Waals surface area contributed by atoms with E-state index in [1.165, 1.54) is 18.4 Å². The quantitative estimate of drug-likeness (QED) is 0.632. The first kappa shape index (κ1) is 24.4. The Morgan fingerprint density at radius 1 is 1.00 bits per heavy atom. The summed E-state index contributed by atoms with van der Waals surface area (Å²) in [6, 6.07) is 8.13. The number of hydrogen-bond donors (Lipinski definition) is 1. The summed E-state index contributed by atoms with van der Waals surface area (Å²) in [6.45, 7) is 9.83. The van der Waals surface area contributed by atoms with Gasteiger partial charge in [-0.05, 0) is 70.1 Å². The van der Waals surface area contributed by atoms with Crippen LogP contribution in [0.1, 0.15) is 58.4 Å². The highest BCUT2D eigenvalue weighted by atomic mass is 16.6. The van der Waals surface area contributed by atoms with Crippen molar-refractivity contribution < 1.29 is 19.1 Å². The summed E-state index contributed by atoms with van der Waals surface area (Å²) in [5, 5.41) is 2.97. The number of nitrogens with zero attached hydrogens (tertiary/aromatic N) is 2. The monoisotopic (exact) mass is 445 g/mol. The number of amides is 3. The second kappa shape index (κ2) is 11.5. The van der Waals surface area contributed by atoms with Crippen LogP contribution in [0.5, 0.6) is 0 Å². The van der Waals surface area contributed by atoms with Crippen LogP contribution in [0.3, 0.4) is 0 Å². The van der Waals surface area contributed by atoms with E-state index in [0.717, 1.165) is 44.5 Å². The van der Waals surface area contributed by atoms with Crippen LogP contribution in [0, 0.1) is 5.92 Å². The highest BCUT2D eigenvalue weighted by molar-refractivity contribution is 5.89. The first-order valence-electron chi connectivity index (χ1n) is 12.0. The van der Waals surface area contributed by atoms with Gasteiger partial charge in [-0.25, -0.2) is 9.59 Å². The molecule has 2 heterocycles. The zero-order chi connectivity index (χ0) is 23.0. The number of rotatable bonds is 6. The molecule has 0 aliphatic carbocycles. The molecule has 7 heteroatoms. The summed E-state index contributed by atoms with van der Waals surface area (Å²) < 4.78 is 10.8. The van der Waals surface area contributed by atoms with Crippen LogP contribution in [0.25, 0.3) is 0 Å². The number of piperidine rings is 1. The lowest BCUT2D eigenvalue weighted by Gasteiger charge is -2.33. The number of carbonyl (C=O) groups excluding carboxylic acids is 2. The maximum Gasteiger partial charge on any atom is 0.410 e. The molecule has 178 valence electrons. The van der Waals surface area contributed by atoms with E-state index < -0.39 is 5.60 Å². The molecule has 0 spiro atoms. The van der Waals surface area contributed by atoms with E-state index in [9.17, 15) is 9.59 Å². The topological polar surface area (TPSA) is 71.1 Å². The molecule has 0 unspecified atom stereocenters. The van der Waals surface area contributed by atoms with Gasteiger partial charge in [0, 0.05) is 31.9 Å². The lowest BCUT2D eigenvalue weighted by Crippen LogP contribution is -2.43. The van der Waals surface area contributed by atoms with Crippen LogP contribution in [0.15, 0.2) is 24.3 Å². The van der Waals surface area contributed by atoms with Crippen LogP contribution >= 0.6 is 0 Å². The third-order valence-corrected chi connectivity index (χ3v) is 6.10. The Morgan fingerprint density at radius 2 is 1.66 bits per heavy atom. The van der Waals surface area contributed by atoms with Crippen molar-refractivity contribution in [1.29, 1.82) is 0 Å². The maximum atomic E-state index is 12.3. The van der Waals surface area contributed by atoms with Crippen LogP contribution in [-0.4, -0.2) is 66.9 Å². The first-order chi connectivity index (χ1) is 15.3. The van der Waals surface area contributed by atoms with Crippen molar-refractivity contribution in [2.24, 2.45) is 5.92 Å². The van der Waals surface area contributed by atoms with Gasteiger partial charge in [0.15, 0.2) is 0 Å². The molecule has 1 aromatic carbocycles. The molecule has 0 aromatic heterocycles. The number of likely N-dealkylation sites (tertiary alicyclic amines) is 1. The van der Waals surface area contributed by atoms with E-state index in [2.05, 4.69) is 17.4 Å². The van der Waals surface area contributed by atoms with Gasteiger partial charge in [0.2, 0.25) is 0 Å². The highest BCUT2D eigenvalue weighted by Crippen LogP contribution is 2.24. The number of ether oxygens (including phenoxy) is 2. The van der Waals surface area contributed by atoms with Crippen LogP contribution < -0.4 is 5.32 Å². The number of benzene rings is 1. The van der Waals surface area contributed by atoms with Gasteiger partial charge in [0.1, 0.15) is 5.60 Å². The summed E-state index contributed by atoms with van der Waals surface area (Å²) in [4.78, 5) is 28.1. The minimum atomic E-state index is -0.430. The van der Waals surface area contributed by atoms with Crippen molar-refractivity contribution in [2.75, 3.05) is 44.7 Å². The van der Waals surface area contributed by atoms with E-state index in [1.807, 2.05) is 37.8 Å². The van der Waals surface area contributed by atoms with Crippen molar-refractivity contribution >= 4 is 17.8 Å². The Morgan fingerprint density at radius 3 is 2.28 bits per heavy atom. The van der Waals surface area contributed by atoms with Crippen molar-refractivity contribution in [1.82, 2.24) is 9.80 Å². The fourth-order valence-electron chi connectivity index (χ4n) is 4.22. The molecule has 0 radical (unpaired) electrons. The normalized spacial score (nSPS) is 17.8. The summed E-state index contributed by atoms with van der Waals surface area (Å²) in [7, 11) is 0. The molecule has 0 bridgehead atoms. The third-order valence-electron chi connectivity index (χ3n) is 6.10. The van der Waals surface area contributed by atoms with E-state index in [4.69, 9.17) is 9.47 Å². The fraction of sp³-hybridized carbons (Fsp3) is 0.680. The summed E-state index contributed by atoms with van der Waals surface area (Å²) in [6.07, 6.45) is 6.58. The Hall–Kier alpha value is -2.28. The minimum absolute atomic E-state index is 0.0567. The SMILES string of the molecule is CC(C)(C)OC(=O)N1CCC(CCCCc2ccc(NC(=O)N3CCOCC3)cc2)CC1. The van der Waals surface area contributed by atoms with E-state index in [0.29, 0.717) is 32.2 Å². The lowest BCUT2D eigenvalue weighted by molar-refractivity contribution is 0.0180.